The molecule has 0 aliphatic carbocycles. The van der Waals surface area contributed by atoms with Gasteiger partial charge in [-0.2, -0.15) is 5.10 Å². The number of amides is 1. The monoisotopic (exact) mass is 347 g/mol. The van der Waals surface area contributed by atoms with E-state index in [-0.39, 0.29) is 5.91 Å². The van der Waals surface area contributed by atoms with Gasteiger partial charge in [-0.25, -0.2) is 9.67 Å². The van der Waals surface area contributed by atoms with Gasteiger partial charge < -0.3 is 9.73 Å². The normalized spacial score (nSPS) is 11.0. The second kappa shape index (κ2) is 6.79. The Labute approximate surface area is 149 Å². The molecule has 1 amide bonds. The van der Waals surface area contributed by atoms with Gasteiger partial charge in [-0.15, -0.1) is 0 Å². The molecular weight excluding hydrogens is 330 g/mol. The van der Waals surface area contributed by atoms with Crippen LogP contribution >= 0.6 is 0 Å². The molecule has 4 heterocycles. The van der Waals surface area contributed by atoms with Crippen LogP contribution in [0, 0.1) is 0 Å². The highest BCUT2D eigenvalue weighted by Crippen LogP contribution is 2.25. The van der Waals surface area contributed by atoms with Gasteiger partial charge in [-0.3, -0.25) is 9.78 Å². The predicted molar refractivity (Wildman–Crippen MR) is 96.6 cm³/mol. The molecule has 4 aromatic rings. The molecule has 0 saturated carbocycles. The summed E-state index contributed by atoms with van der Waals surface area (Å²) in [6, 6.07) is 9.24. The van der Waals surface area contributed by atoms with Crippen molar-refractivity contribution >= 4 is 16.9 Å². The number of furan rings is 1. The molecule has 0 aliphatic heterocycles. The molecule has 0 fully saturated rings. The number of rotatable bonds is 5. The minimum atomic E-state index is -0.150. The van der Waals surface area contributed by atoms with Crippen molar-refractivity contribution < 1.29 is 9.21 Å². The van der Waals surface area contributed by atoms with Crippen molar-refractivity contribution in [1.29, 1.82) is 0 Å². The van der Waals surface area contributed by atoms with Gasteiger partial charge in [0, 0.05) is 24.5 Å². The fourth-order valence-electron chi connectivity index (χ4n) is 2.82. The number of nitrogens with zero attached hydrogens (tertiary/aromatic N) is 4. The largest absolute Gasteiger partial charge is 0.467 e. The smallest absolute Gasteiger partial charge is 0.252 e. The SMILES string of the molecule is CCNC(=O)c1cc(-c2cccnc2)nc2c1cnn2Cc1ccco1. The Morgan fingerprint density at radius 2 is 2.19 bits per heavy atom. The molecule has 0 spiro atoms. The molecule has 26 heavy (non-hydrogen) atoms. The Balaban J connectivity index is 1.88. The number of hydrogen-bond donors (Lipinski definition) is 1. The van der Waals surface area contributed by atoms with Gasteiger partial charge in [0.1, 0.15) is 12.3 Å². The van der Waals surface area contributed by atoms with E-state index in [1.807, 2.05) is 31.2 Å². The highest BCUT2D eigenvalue weighted by atomic mass is 16.3. The summed E-state index contributed by atoms with van der Waals surface area (Å²) in [5, 5.41) is 7.96. The van der Waals surface area contributed by atoms with E-state index in [0.29, 0.717) is 35.4 Å². The highest BCUT2D eigenvalue weighted by Gasteiger charge is 2.17. The zero-order chi connectivity index (χ0) is 17.9. The van der Waals surface area contributed by atoms with Gasteiger partial charge in [0.2, 0.25) is 0 Å². The summed E-state index contributed by atoms with van der Waals surface area (Å²) in [6.45, 7) is 2.87. The molecule has 7 nitrogen and oxygen atoms in total. The van der Waals surface area contributed by atoms with E-state index in [1.165, 1.54) is 0 Å². The van der Waals surface area contributed by atoms with Crippen molar-refractivity contribution in [3.8, 4) is 11.3 Å². The number of nitrogens with one attached hydrogen (secondary N) is 1. The quantitative estimate of drug-likeness (QED) is 0.600. The third-order valence-corrected chi connectivity index (χ3v) is 4.03. The third-order valence-electron chi connectivity index (χ3n) is 4.03. The van der Waals surface area contributed by atoms with Crippen molar-refractivity contribution in [2.24, 2.45) is 0 Å². The number of pyridine rings is 2. The van der Waals surface area contributed by atoms with Crippen LogP contribution < -0.4 is 5.32 Å². The maximum Gasteiger partial charge on any atom is 0.252 e. The fraction of sp³-hybridized carbons (Fsp3) is 0.158. The molecule has 0 radical (unpaired) electrons. The molecule has 4 aromatic heterocycles. The summed E-state index contributed by atoms with van der Waals surface area (Å²) in [5.74, 6) is 0.616. The Kier molecular flexibility index (Phi) is 4.18. The summed E-state index contributed by atoms with van der Waals surface area (Å²) in [7, 11) is 0. The lowest BCUT2D eigenvalue weighted by molar-refractivity contribution is 0.0957. The van der Waals surface area contributed by atoms with Gasteiger partial charge >= 0.3 is 0 Å². The molecular formula is C19H17N5O2. The first-order valence-corrected chi connectivity index (χ1v) is 8.34. The molecule has 0 unspecified atom stereocenters. The van der Waals surface area contributed by atoms with Crippen LogP contribution in [0.1, 0.15) is 23.0 Å². The van der Waals surface area contributed by atoms with Gasteiger partial charge in [-0.1, -0.05) is 0 Å². The molecule has 0 aromatic carbocycles. The van der Waals surface area contributed by atoms with Crippen molar-refractivity contribution in [3.05, 3.63) is 66.5 Å². The lowest BCUT2D eigenvalue weighted by Gasteiger charge is -2.08. The van der Waals surface area contributed by atoms with Crippen LogP contribution in [0.25, 0.3) is 22.3 Å². The Morgan fingerprint density at radius 3 is 2.92 bits per heavy atom. The van der Waals surface area contributed by atoms with Gasteiger partial charge in [0.05, 0.1) is 29.1 Å². The average Bonchev–Trinajstić information content (AvgIpc) is 3.32. The van der Waals surface area contributed by atoms with Gasteiger partial charge in [0.15, 0.2) is 5.65 Å². The number of carbonyl (C=O) groups is 1. The molecule has 1 N–H and O–H groups in total. The number of carbonyl (C=O) groups excluding carboxylic acids is 1. The topological polar surface area (TPSA) is 85.8 Å². The van der Waals surface area contributed by atoms with Crippen LogP contribution in [0.15, 0.2) is 59.6 Å². The Morgan fingerprint density at radius 1 is 1.27 bits per heavy atom. The van der Waals surface area contributed by atoms with E-state index >= 15 is 0 Å². The maximum absolute atomic E-state index is 12.6. The fourth-order valence-corrected chi connectivity index (χ4v) is 2.82. The van der Waals surface area contributed by atoms with Crippen LogP contribution in [0.4, 0.5) is 0 Å². The minimum absolute atomic E-state index is 0.150. The summed E-state index contributed by atoms with van der Waals surface area (Å²) < 4.78 is 7.14. The summed E-state index contributed by atoms with van der Waals surface area (Å²) in [5.41, 5.74) is 2.68. The van der Waals surface area contributed by atoms with Gasteiger partial charge in [0.25, 0.3) is 5.91 Å². The zero-order valence-corrected chi connectivity index (χ0v) is 14.2. The lowest BCUT2D eigenvalue weighted by atomic mass is 10.1. The molecule has 0 bridgehead atoms. The van der Waals surface area contributed by atoms with E-state index in [1.54, 1.807) is 35.6 Å². The van der Waals surface area contributed by atoms with E-state index in [2.05, 4.69) is 15.4 Å². The first kappa shape index (κ1) is 16.0. The summed E-state index contributed by atoms with van der Waals surface area (Å²) in [4.78, 5) is 21.4. The molecule has 7 heteroatoms. The summed E-state index contributed by atoms with van der Waals surface area (Å²) >= 11 is 0. The average molecular weight is 347 g/mol. The highest BCUT2D eigenvalue weighted by molar-refractivity contribution is 6.06. The van der Waals surface area contributed by atoms with Crippen molar-refractivity contribution in [2.45, 2.75) is 13.5 Å². The molecule has 0 atom stereocenters. The Bertz CT molecular complexity index is 1040. The van der Waals surface area contributed by atoms with Crippen LogP contribution in [0.2, 0.25) is 0 Å². The van der Waals surface area contributed by atoms with Gasteiger partial charge in [-0.05, 0) is 37.3 Å². The predicted octanol–water partition coefficient (Wildman–Crippen LogP) is 2.88. The lowest BCUT2D eigenvalue weighted by Crippen LogP contribution is -2.23. The Hall–Kier alpha value is -3.48. The van der Waals surface area contributed by atoms with Crippen LogP contribution in [-0.4, -0.2) is 32.2 Å². The van der Waals surface area contributed by atoms with E-state index in [0.717, 1.165) is 11.3 Å². The van der Waals surface area contributed by atoms with Crippen LogP contribution in [-0.2, 0) is 6.54 Å². The van der Waals surface area contributed by atoms with Crippen LogP contribution in [0.3, 0.4) is 0 Å². The molecule has 0 saturated heterocycles. The first-order chi connectivity index (χ1) is 12.8. The van der Waals surface area contributed by atoms with E-state index < -0.39 is 0 Å². The second-order valence-electron chi connectivity index (χ2n) is 5.78. The molecule has 130 valence electrons. The molecule has 4 rings (SSSR count). The maximum atomic E-state index is 12.6. The van der Waals surface area contributed by atoms with Crippen molar-refractivity contribution in [3.63, 3.8) is 0 Å². The van der Waals surface area contributed by atoms with E-state index in [4.69, 9.17) is 9.40 Å². The number of fused-ring (bicyclic) bond motifs is 1. The van der Waals surface area contributed by atoms with Crippen molar-refractivity contribution in [1.82, 2.24) is 25.1 Å². The summed E-state index contributed by atoms with van der Waals surface area (Å²) in [6.07, 6.45) is 6.72. The minimum Gasteiger partial charge on any atom is -0.467 e. The van der Waals surface area contributed by atoms with E-state index in [9.17, 15) is 4.79 Å². The zero-order valence-electron chi connectivity index (χ0n) is 14.2. The second-order valence-corrected chi connectivity index (χ2v) is 5.78. The first-order valence-electron chi connectivity index (χ1n) is 8.34. The molecule has 0 aliphatic rings. The third kappa shape index (κ3) is 2.95. The number of hydrogen-bond acceptors (Lipinski definition) is 5. The van der Waals surface area contributed by atoms with Crippen LogP contribution in [0.5, 0.6) is 0 Å². The standard InChI is InChI=1S/C19H17N5O2/c1-2-21-19(25)15-9-17(13-5-3-7-20-10-13)23-18-16(15)11-22-24(18)12-14-6-4-8-26-14/h3-11H,2,12H2,1H3,(H,21,25). The number of aromatic nitrogens is 4. The van der Waals surface area contributed by atoms with Crippen molar-refractivity contribution in [2.75, 3.05) is 6.54 Å².